The molecule has 2 N–H and O–H groups in total. The summed E-state index contributed by atoms with van der Waals surface area (Å²) in [6.45, 7) is 25.4. The van der Waals surface area contributed by atoms with E-state index in [1.165, 1.54) is 11.1 Å². The number of ketones is 1. The Balaban J connectivity index is 0.00000193. The molecule has 6 aliphatic carbocycles. The number of urea groups is 1. The van der Waals surface area contributed by atoms with Crippen molar-refractivity contribution in [2.75, 3.05) is 0 Å². The van der Waals surface area contributed by atoms with Crippen molar-refractivity contribution in [3.8, 4) is 0 Å². The number of esters is 1. The van der Waals surface area contributed by atoms with Crippen LogP contribution in [0.4, 0.5) is 4.79 Å². The predicted octanol–water partition coefficient (Wildman–Crippen LogP) is 11.8. The van der Waals surface area contributed by atoms with Crippen LogP contribution in [-0.4, -0.2) is 35.6 Å². The molecule has 342 valence electrons. The number of carbonyl (C=O) groups is 3. The topological polar surface area (TPSA) is 119 Å². The quantitative estimate of drug-likeness (QED) is 0.255. The van der Waals surface area contributed by atoms with Gasteiger partial charge < -0.3 is 15.4 Å². The van der Waals surface area contributed by atoms with Gasteiger partial charge in [0.25, 0.3) is 0 Å². The first kappa shape index (κ1) is 47.2. The van der Waals surface area contributed by atoms with Crippen LogP contribution < -0.4 is 10.6 Å². The fourth-order valence-corrected chi connectivity index (χ4v) is 15.4. The maximum atomic E-state index is 14.2. The Morgan fingerprint density at radius 2 is 1.48 bits per heavy atom. The molecule has 2 amide bonds. The average Bonchev–Trinajstić information content (AvgIpc) is 3.49. The highest BCUT2D eigenvalue weighted by Gasteiger charge is 2.70. The summed E-state index contributed by atoms with van der Waals surface area (Å²) in [7, 11) is 0. The molecule has 0 spiro atoms. The lowest BCUT2D eigenvalue weighted by atomic mass is 9.33. The lowest BCUT2D eigenvalue weighted by Crippen LogP contribution is -2.68. The average molecular weight is 882 g/mol. The van der Waals surface area contributed by atoms with Crippen LogP contribution in [-0.2, 0) is 35.9 Å². The van der Waals surface area contributed by atoms with Gasteiger partial charge in [0, 0.05) is 16.9 Å². The van der Waals surface area contributed by atoms with Crippen molar-refractivity contribution in [1.29, 1.82) is 0 Å². The molecular formula is C54H73ClN2O6. The summed E-state index contributed by atoms with van der Waals surface area (Å²) >= 11 is 6.20. The third-order valence-corrected chi connectivity index (χ3v) is 19.3. The van der Waals surface area contributed by atoms with E-state index in [-0.39, 0.29) is 74.9 Å². The van der Waals surface area contributed by atoms with Crippen LogP contribution in [0.2, 0.25) is 5.02 Å². The first-order chi connectivity index (χ1) is 29.4. The van der Waals surface area contributed by atoms with Crippen molar-refractivity contribution < 1.29 is 28.7 Å². The number of halogens is 1. The SMILES string of the molecule is CC(C)C1=C2[C@H]3CC[C@@H]4[C@@]5(C)CC[C@H](OC(=O)[C@H]6C[C@@H](Cc7ccccc7)C6(C)C)C(C)(C)[C@@H]5CC[C@@]4(C)[C@]3(C)CC[C@@]2(NC(=O)NC(C)(C)c2ccc(Cl)cc2)CC1=O.O=C=O. The summed E-state index contributed by atoms with van der Waals surface area (Å²) in [5.74, 6) is 1.93. The summed E-state index contributed by atoms with van der Waals surface area (Å²) < 4.78 is 6.68. The molecule has 6 aliphatic rings. The molecule has 0 aromatic heterocycles. The Hall–Kier alpha value is -3.74. The third kappa shape index (κ3) is 7.75. The first-order valence-electron chi connectivity index (χ1n) is 23.8. The largest absolute Gasteiger partial charge is 0.462 e. The highest BCUT2D eigenvalue weighted by atomic mass is 35.5. The standard InChI is InChI=1S/C53H73ClN2O4.CO2/c1-32(2)43-39(57)31-53(56-46(59)55-49(7,8)34-17-19-36(54)20-18-34)28-27-51(10)37(44(43)53)21-22-41-50(9)25-24-42(48(5,6)40(50)23-26-52(41,51)11)60-45(58)38-30-35(47(38,3)4)29-33-15-13-12-14-16-33;2-1-3/h12-20,32,35,37-38,40-42H,21-31H2,1-11H3,(H2,55,56,59);/t35-,37-,38-,40+,41-,42+,50+,51-,52-,53-;/m1./s1. The summed E-state index contributed by atoms with van der Waals surface area (Å²) in [5.41, 5.74) is 3.16. The Morgan fingerprint density at radius 1 is 0.825 bits per heavy atom. The van der Waals surface area contributed by atoms with E-state index in [1.54, 1.807) is 0 Å². The number of carbonyl (C=O) groups excluding carboxylic acids is 5. The molecule has 0 unspecified atom stereocenters. The minimum Gasteiger partial charge on any atom is -0.462 e. The van der Waals surface area contributed by atoms with Crippen molar-refractivity contribution in [2.45, 2.75) is 164 Å². The Morgan fingerprint density at radius 3 is 2.10 bits per heavy atom. The molecule has 0 aliphatic heterocycles. The molecule has 0 bridgehead atoms. The minimum atomic E-state index is -0.675. The fourth-order valence-electron chi connectivity index (χ4n) is 15.3. The van der Waals surface area contributed by atoms with E-state index in [1.807, 2.05) is 38.1 Å². The van der Waals surface area contributed by atoms with Gasteiger partial charge in [-0.2, -0.15) is 9.59 Å². The van der Waals surface area contributed by atoms with Gasteiger partial charge in [-0.3, -0.25) is 9.59 Å². The molecular weight excluding hydrogens is 808 g/mol. The molecule has 10 atom stereocenters. The Kier molecular flexibility index (Phi) is 12.4. The number of ether oxygens (including phenoxy) is 1. The summed E-state index contributed by atoms with van der Waals surface area (Å²) in [4.78, 5) is 58.6. The van der Waals surface area contributed by atoms with Gasteiger partial charge in [0.1, 0.15) is 6.10 Å². The van der Waals surface area contributed by atoms with Gasteiger partial charge in [0.2, 0.25) is 0 Å². The zero-order chi connectivity index (χ0) is 46.1. The molecule has 0 heterocycles. The second-order valence-electron chi connectivity index (χ2n) is 23.4. The number of rotatable bonds is 8. The minimum absolute atomic E-state index is 0.0153. The van der Waals surface area contributed by atoms with E-state index in [9.17, 15) is 14.4 Å². The third-order valence-electron chi connectivity index (χ3n) is 19.1. The maximum Gasteiger partial charge on any atom is 0.373 e. The Labute approximate surface area is 381 Å². The van der Waals surface area contributed by atoms with Crippen LogP contribution in [0.25, 0.3) is 0 Å². The zero-order valence-corrected chi connectivity index (χ0v) is 40.6. The monoisotopic (exact) mass is 881 g/mol. The van der Waals surface area contributed by atoms with Crippen molar-refractivity contribution in [3.63, 3.8) is 0 Å². The number of fused-ring (bicyclic) bond motifs is 7. The second-order valence-corrected chi connectivity index (χ2v) is 23.8. The lowest BCUT2D eigenvalue weighted by Gasteiger charge is -2.72. The predicted molar refractivity (Wildman–Crippen MR) is 246 cm³/mol. The number of hydrogen-bond acceptors (Lipinski definition) is 6. The van der Waals surface area contributed by atoms with Gasteiger partial charge in [-0.1, -0.05) is 116 Å². The van der Waals surface area contributed by atoms with Crippen LogP contribution in [0.1, 0.15) is 151 Å². The van der Waals surface area contributed by atoms with Gasteiger partial charge in [-0.25, -0.2) is 4.79 Å². The van der Waals surface area contributed by atoms with Crippen LogP contribution in [0.5, 0.6) is 0 Å². The Bertz CT molecular complexity index is 2150. The molecule has 8 rings (SSSR count). The summed E-state index contributed by atoms with van der Waals surface area (Å²) in [6, 6.07) is 18.1. The summed E-state index contributed by atoms with van der Waals surface area (Å²) in [6.07, 6.45) is 10.5. The number of allylic oxidation sites excluding steroid dienone is 1. The van der Waals surface area contributed by atoms with E-state index in [0.717, 1.165) is 75.3 Å². The highest BCUT2D eigenvalue weighted by molar-refractivity contribution is 6.30. The van der Waals surface area contributed by atoms with Crippen molar-refractivity contribution in [3.05, 3.63) is 81.9 Å². The first-order valence-corrected chi connectivity index (χ1v) is 24.2. The zero-order valence-electron chi connectivity index (χ0n) is 39.8. The van der Waals surface area contributed by atoms with Gasteiger partial charge >= 0.3 is 18.2 Å². The molecule has 5 fully saturated rings. The van der Waals surface area contributed by atoms with Gasteiger partial charge in [-0.05, 0) is 164 Å². The maximum absolute atomic E-state index is 14.2. The molecule has 2 aromatic rings. The van der Waals surface area contributed by atoms with Crippen molar-refractivity contribution in [2.24, 2.45) is 62.6 Å². The fraction of sp³-hybridized carbons (Fsp3) is 0.667. The molecule has 9 heteroatoms. The van der Waals surface area contributed by atoms with Crippen LogP contribution >= 0.6 is 11.6 Å². The number of amides is 2. The van der Waals surface area contributed by atoms with Crippen molar-refractivity contribution >= 4 is 35.5 Å². The van der Waals surface area contributed by atoms with E-state index in [4.69, 9.17) is 25.9 Å². The summed E-state index contributed by atoms with van der Waals surface area (Å²) in [5, 5.41) is 7.43. The molecule has 8 nitrogen and oxygen atoms in total. The van der Waals surface area contributed by atoms with E-state index in [2.05, 4.69) is 103 Å². The van der Waals surface area contributed by atoms with E-state index in [0.29, 0.717) is 29.2 Å². The van der Waals surface area contributed by atoms with Crippen LogP contribution in [0.3, 0.4) is 0 Å². The van der Waals surface area contributed by atoms with E-state index >= 15 is 0 Å². The van der Waals surface area contributed by atoms with Crippen LogP contribution in [0, 0.1) is 62.6 Å². The van der Waals surface area contributed by atoms with Crippen molar-refractivity contribution in [1.82, 2.24) is 10.6 Å². The lowest BCUT2D eigenvalue weighted by molar-refractivity contribution is -0.235. The molecule has 63 heavy (non-hydrogen) atoms. The smallest absolute Gasteiger partial charge is 0.373 e. The number of hydrogen-bond donors (Lipinski definition) is 2. The van der Waals surface area contributed by atoms with E-state index < -0.39 is 11.1 Å². The normalized spacial score (nSPS) is 36.2. The van der Waals surface area contributed by atoms with Crippen LogP contribution in [0.15, 0.2) is 65.7 Å². The number of nitrogens with one attached hydrogen (secondary N) is 2. The van der Waals surface area contributed by atoms with Gasteiger partial charge in [-0.15, -0.1) is 0 Å². The van der Waals surface area contributed by atoms with Gasteiger partial charge in [0.15, 0.2) is 5.78 Å². The molecule has 5 saturated carbocycles. The molecule has 0 saturated heterocycles. The van der Waals surface area contributed by atoms with Gasteiger partial charge in [0.05, 0.1) is 17.0 Å². The second kappa shape index (κ2) is 16.6. The number of Topliss-reactive ketones (excluding diaryl/α,β-unsaturated/α-hetero) is 1. The number of benzene rings is 2. The molecule has 2 aromatic carbocycles. The molecule has 0 radical (unpaired) electrons. The highest BCUT2D eigenvalue weighted by Crippen LogP contribution is 2.76.